The van der Waals surface area contributed by atoms with E-state index in [2.05, 4.69) is 14.9 Å². The van der Waals surface area contributed by atoms with Gasteiger partial charge in [-0.3, -0.25) is 9.69 Å². The molecule has 1 aliphatic rings. The van der Waals surface area contributed by atoms with Crippen LogP contribution in [0.4, 0.5) is 0 Å². The molecule has 1 fully saturated rings. The fraction of sp³-hybridized carbons (Fsp3) is 0.667. The Balaban J connectivity index is 1.76. The van der Waals surface area contributed by atoms with Gasteiger partial charge in [-0.25, -0.2) is 4.98 Å². The number of carbonyl (C=O) groups excluding carboxylic acids is 1. The minimum absolute atomic E-state index is 0.0568. The molecule has 0 spiro atoms. The van der Waals surface area contributed by atoms with E-state index >= 15 is 0 Å². The normalized spacial score (nSPS) is 18.9. The highest BCUT2D eigenvalue weighted by Crippen LogP contribution is 2.07. The molecular weight excluding hydrogens is 230 g/mol. The Kier molecular flexibility index (Phi) is 4.33. The molecule has 0 radical (unpaired) electrons. The fourth-order valence-electron chi connectivity index (χ4n) is 2.16. The second-order valence-electron chi connectivity index (χ2n) is 4.87. The third-order valence-corrected chi connectivity index (χ3v) is 3.15. The Bertz CT molecular complexity index is 368. The number of nitrogens with two attached hydrogens (primary N) is 1. The summed E-state index contributed by atoms with van der Waals surface area (Å²) >= 11 is 0. The molecule has 0 aromatic carbocycles. The highest BCUT2D eigenvalue weighted by atomic mass is 16.2. The SMILES string of the molecule is CC(N)CC(=O)N1CCN(Cc2ncc[nH]2)CC1. The Morgan fingerprint density at radius 2 is 2.22 bits per heavy atom. The third kappa shape index (κ3) is 3.54. The van der Waals surface area contributed by atoms with E-state index in [1.54, 1.807) is 6.20 Å². The number of hydrogen-bond acceptors (Lipinski definition) is 4. The summed E-state index contributed by atoms with van der Waals surface area (Å²) in [5, 5.41) is 0. The van der Waals surface area contributed by atoms with Crippen molar-refractivity contribution in [1.82, 2.24) is 19.8 Å². The number of H-pyrrole nitrogens is 1. The summed E-state index contributed by atoms with van der Waals surface area (Å²) < 4.78 is 0. The van der Waals surface area contributed by atoms with Crippen molar-refractivity contribution in [1.29, 1.82) is 0 Å². The molecule has 2 heterocycles. The van der Waals surface area contributed by atoms with Crippen molar-refractivity contribution in [3.05, 3.63) is 18.2 Å². The molecule has 6 heteroatoms. The first kappa shape index (κ1) is 13.0. The molecule has 0 saturated carbocycles. The first-order chi connectivity index (χ1) is 8.65. The molecular formula is C12H21N5O. The number of nitrogens with zero attached hydrogens (tertiary/aromatic N) is 3. The van der Waals surface area contributed by atoms with Gasteiger partial charge in [-0.05, 0) is 6.92 Å². The summed E-state index contributed by atoms with van der Waals surface area (Å²) in [6.45, 7) is 6.04. The Morgan fingerprint density at radius 1 is 1.50 bits per heavy atom. The van der Waals surface area contributed by atoms with Crippen molar-refractivity contribution < 1.29 is 4.79 Å². The average Bonchev–Trinajstić information content (AvgIpc) is 2.82. The first-order valence-electron chi connectivity index (χ1n) is 6.39. The van der Waals surface area contributed by atoms with Gasteiger partial charge in [0.1, 0.15) is 5.82 Å². The lowest BCUT2D eigenvalue weighted by molar-refractivity contribution is -0.133. The predicted octanol–water partition coefficient (Wildman–Crippen LogP) is -0.209. The Labute approximate surface area is 107 Å². The van der Waals surface area contributed by atoms with Crippen molar-refractivity contribution in [3.63, 3.8) is 0 Å². The van der Waals surface area contributed by atoms with Crippen LogP contribution in [0.2, 0.25) is 0 Å². The van der Waals surface area contributed by atoms with Gasteiger partial charge >= 0.3 is 0 Å². The lowest BCUT2D eigenvalue weighted by Gasteiger charge is -2.34. The minimum atomic E-state index is -0.0568. The van der Waals surface area contributed by atoms with Crippen molar-refractivity contribution >= 4 is 5.91 Å². The van der Waals surface area contributed by atoms with Gasteiger partial charge < -0.3 is 15.6 Å². The summed E-state index contributed by atoms with van der Waals surface area (Å²) in [5.41, 5.74) is 5.65. The van der Waals surface area contributed by atoms with Crippen LogP contribution in [0.15, 0.2) is 12.4 Å². The van der Waals surface area contributed by atoms with Gasteiger partial charge in [-0.1, -0.05) is 0 Å². The smallest absolute Gasteiger partial charge is 0.224 e. The number of imidazole rings is 1. The number of rotatable bonds is 4. The van der Waals surface area contributed by atoms with E-state index in [0.717, 1.165) is 38.5 Å². The molecule has 1 saturated heterocycles. The zero-order chi connectivity index (χ0) is 13.0. The van der Waals surface area contributed by atoms with E-state index in [1.807, 2.05) is 18.0 Å². The fourth-order valence-corrected chi connectivity index (χ4v) is 2.16. The maximum Gasteiger partial charge on any atom is 0.224 e. The van der Waals surface area contributed by atoms with Crippen LogP contribution in [0.3, 0.4) is 0 Å². The molecule has 0 bridgehead atoms. The topological polar surface area (TPSA) is 78.2 Å². The third-order valence-electron chi connectivity index (χ3n) is 3.15. The quantitative estimate of drug-likeness (QED) is 0.776. The van der Waals surface area contributed by atoms with Crippen LogP contribution >= 0.6 is 0 Å². The van der Waals surface area contributed by atoms with Gasteiger partial charge in [-0.15, -0.1) is 0 Å². The molecule has 6 nitrogen and oxygen atoms in total. The molecule has 1 amide bonds. The second-order valence-corrected chi connectivity index (χ2v) is 4.87. The van der Waals surface area contributed by atoms with Gasteiger partial charge in [0.15, 0.2) is 0 Å². The van der Waals surface area contributed by atoms with Crippen LogP contribution in [-0.4, -0.2) is 57.9 Å². The lowest BCUT2D eigenvalue weighted by atomic mass is 10.2. The Morgan fingerprint density at radius 3 is 2.78 bits per heavy atom. The van der Waals surface area contributed by atoms with E-state index in [4.69, 9.17) is 5.73 Å². The van der Waals surface area contributed by atoms with Crippen LogP contribution in [0.25, 0.3) is 0 Å². The van der Waals surface area contributed by atoms with Crippen LogP contribution in [-0.2, 0) is 11.3 Å². The highest BCUT2D eigenvalue weighted by molar-refractivity contribution is 5.76. The van der Waals surface area contributed by atoms with E-state index in [9.17, 15) is 4.79 Å². The van der Waals surface area contributed by atoms with E-state index in [-0.39, 0.29) is 11.9 Å². The van der Waals surface area contributed by atoms with Crippen molar-refractivity contribution in [2.24, 2.45) is 5.73 Å². The molecule has 1 unspecified atom stereocenters. The van der Waals surface area contributed by atoms with E-state index in [1.165, 1.54) is 0 Å². The van der Waals surface area contributed by atoms with Crippen LogP contribution in [0, 0.1) is 0 Å². The van der Waals surface area contributed by atoms with Gasteiger partial charge in [0.2, 0.25) is 5.91 Å². The van der Waals surface area contributed by atoms with Gasteiger partial charge in [0.25, 0.3) is 0 Å². The van der Waals surface area contributed by atoms with Crippen LogP contribution < -0.4 is 5.73 Å². The molecule has 100 valence electrons. The molecule has 1 aromatic heterocycles. The van der Waals surface area contributed by atoms with E-state index < -0.39 is 0 Å². The Hall–Kier alpha value is -1.40. The summed E-state index contributed by atoms with van der Waals surface area (Å²) in [4.78, 5) is 23.4. The molecule has 0 aliphatic carbocycles. The molecule has 2 rings (SSSR count). The lowest BCUT2D eigenvalue weighted by Crippen LogP contribution is -2.49. The summed E-state index contributed by atoms with van der Waals surface area (Å²) in [6, 6.07) is -0.0568. The molecule has 1 aliphatic heterocycles. The van der Waals surface area contributed by atoms with Crippen molar-refractivity contribution in [2.45, 2.75) is 25.9 Å². The zero-order valence-corrected chi connectivity index (χ0v) is 10.8. The zero-order valence-electron chi connectivity index (χ0n) is 10.8. The van der Waals surface area contributed by atoms with Gasteiger partial charge in [0, 0.05) is 51.0 Å². The van der Waals surface area contributed by atoms with Gasteiger partial charge in [0.05, 0.1) is 6.54 Å². The van der Waals surface area contributed by atoms with E-state index in [0.29, 0.717) is 6.42 Å². The molecule has 1 atom stereocenters. The molecule has 3 N–H and O–H groups in total. The molecule has 18 heavy (non-hydrogen) atoms. The second kappa shape index (κ2) is 5.97. The van der Waals surface area contributed by atoms with Crippen LogP contribution in [0.5, 0.6) is 0 Å². The summed E-state index contributed by atoms with van der Waals surface area (Å²) in [6.07, 6.45) is 4.04. The van der Waals surface area contributed by atoms with Crippen LogP contribution in [0.1, 0.15) is 19.2 Å². The maximum atomic E-state index is 11.8. The first-order valence-corrected chi connectivity index (χ1v) is 6.39. The highest BCUT2D eigenvalue weighted by Gasteiger charge is 2.21. The summed E-state index contributed by atoms with van der Waals surface area (Å²) in [7, 11) is 0. The average molecular weight is 251 g/mol. The molecule has 1 aromatic rings. The predicted molar refractivity (Wildman–Crippen MR) is 68.7 cm³/mol. The number of aromatic amines is 1. The monoisotopic (exact) mass is 251 g/mol. The number of carbonyl (C=O) groups is 1. The minimum Gasteiger partial charge on any atom is -0.348 e. The number of piperazine rings is 1. The van der Waals surface area contributed by atoms with Gasteiger partial charge in [-0.2, -0.15) is 0 Å². The summed E-state index contributed by atoms with van der Waals surface area (Å²) in [5.74, 6) is 1.15. The largest absolute Gasteiger partial charge is 0.348 e. The number of nitrogens with one attached hydrogen (secondary N) is 1. The number of hydrogen-bond donors (Lipinski definition) is 2. The van der Waals surface area contributed by atoms with Crippen molar-refractivity contribution in [3.8, 4) is 0 Å². The maximum absolute atomic E-state index is 11.8. The standard InChI is InChI=1S/C12H21N5O/c1-10(13)8-12(18)17-6-4-16(5-7-17)9-11-14-2-3-15-11/h2-3,10H,4-9,13H2,1H3,(H,14,15). The van der Waals surface area contributed by atoms with Crippen molar-refractivity contribution in [2.75, 3.05) is 26.2 Å². The number of aromatic nitrogens is 2. The number of amides is 1.